The minimum absolute atomic E-state index is 0.146. The van der Waals surface area contributed by atoms with Crippen molar-refractivity contribution in [2.24, 2.45) is 0 Å². The Bertz CT molecular complexity index is 1070. The lowest BCUT2D eigenvalue weighted by Crippen LogP contribution is -2.42. The number of carbonyl (C=O) groups excluding carboxylic acids is 3. The van der Waals surface area contributed by atoms with Crippen molar-refractivity contribution in [3.8, 4) is 0 Å². The molecule has 1 N–H and O–H groups in total. The van der Waals surface area contributed by atoms with Crippen LogP contribution in [-0.4, -0.2) is 61.0 Å². The average Bonchev–Trinajstić information content (AvgIpc) is 3.21. The number of aromatic nitrogens is 1. The lowest BCUT2D eigenvalue weighted by Gasteiger charge is -2.25. The number of amides is 2. The fourth-order valence-corrected chi connectivity index (χ4v) is 4.27. The summed E-state index contributed by atoms with van der Waals surface area (Å²) in [6.07, 6.45) is 4.91. The van der Waals surface area contributed by atoms with E-state index < -0.39 is 17.7 Å². The molecule has 2 aromatic rings. The molecule has 212 valence electrons. The Balaban J connectivity index is 2.53. The third kappa shape index (κ3) is 9.04. The second kappa shape index (κ2) is 14.8. The zero-order valence-corrected chi connectivity index (χ0v) is 24.1. The summed E-state index contributed by atoms with van der Waals surface area (Å²) < 4.78 is 18.4. The van der Waals surface area contributed by atoms with Gasteiger partial charge in [-0.15, -0.1) is 0 Å². The SMILES string of the molecule is CCCCOCC(Cc1cn(CC)c2cccc(N(CC(=O)OC)C(=O)CCC)c12)NC(=O)OC(C)(C)C. The van der Waals surface area contributed by atoms with Crippen LogP contribution in [0.5, 0.6) is 0 Å². The van der Waals surface area contributed by atoms with Crippen LogP contribution in [0, 0.1) is 0 Å². The Hall–Kier alpha value is -3.07. The van der Waals surface area contributed by atoms with E-state index in [-0.39, 0.29) is 18.5 Å². The van der Waals surface area contributed by atoms with E-state index >= 15 is 0 Å². The highest BCUT2D eigenvalue weighted by Gasteiger charge is 2.26. The molecule has 2 rings (SSSR count). The summed E-state index contributed by atoms with van der Waals surface area (Å²) in [4.78, 5) is 39.6. The molecule has 38 heavy (non-hydrogen) atoms. The van der Waals surface area contributed by atoms with Crippen molar-refractivity contribution in [3.05, 3.63) is 30.0 Å². The molecule has 1 unspecified atom stereocenters. The zero-order valence-electron chi connectivity index (χ0n) is 24.1. The Morgan fingerprint density at radius 3 is 2.45 bits per heavy atom. The van der Waals surface area contributed by atoms with Gasteiger partial charge >= 0.3 is 12.1 Å². The van der Waals surface area contributed by atoms with E-state index in [0.29, 0.717) is 38.2 Å². The molecule has 9 nitrogen and oxygen atoms in total. The van der Waals surface area contributed by atoms with Crippen LogP contribution < -0.4 is 10.2 Å². The number of nitrogens with zero attached hydrogens (tertiary/aromatic N) is 2. The predicted octanol–water partition coefficient (Wildman–Crippen LogP) is 5.22. The van der Waals surface area contributed by atoms with Gasteiger partial charge in [-0.05, 0) is 64.7 Å². The number of aryl methyl sites for hydroxylation is 1. The second-order valence-corrected chi connectivity index (χ2v) is 10.4. The molecule has 9 heteroatoms. The number of esters is 1. The number of ether oxygens (including phenoxy) is 3. The van der Waals surface area contributed by atoms with Crippen molar-refractivity contribution in [1.82, 2.24) is 9.88 Å². The normalized spacial score (nSPS) is 12.3. The van der Waals surface area contributed by atoms with Crippen LogP contribution in [0.15, 0.2) is 24.4 Å². The second-order valence-electron chi connectivity index (χ2n) is 10.4. The molecule has 1 heterocycles. The van der Waals surface area contributed by atoms with Crippen LogP contribution in [0.3, 0.4) is 0 Å². The molecule has 0 fully saturated rings. The van der Waals surface area contributed by atoms with Crippen LogP contribution in [0.25, 0.3) is 10.9 Å². The highest BCUT2D eigenvalue weighted by atomic mass is 16.6. The van der Waals surface area contributed by atoms with E-state index in [1.807, 2.05) is 52.1 Å². The summed E-state index contributed by atoms with van der Waals surface area (Å²) in [5.74, 6) is -0.636. The van der Waals surface area contributed by atoms with Crippen molar-refractivity contribution in [2.75, 3.05) is 31.8 Å². The van der Waals surface area contributed by atoms with Gasteiger partial charge in [0, 0.05) is 31.2 Å². The molecule has 1 aromatic carbocycles. The van der Waals surface area contributed by atoms with Crippen LogP contribution in [0.2, 0.25) is 0 Å². The summed E-state index contributed by atoms with van der Waals surface area (Å²) in [7, 11) is 1.32. The number of fused-ring (bicyclic) bond motifs is 1. The molecular formula is C29H45N3O6. The number of rotatable bonds is 14. The van der Waals surface area contributed by atoms with E-state index in [1.165, 1.54) is 12.0 Å². The molecule has 0 bridgehead atoms. The third-order valence-corrected chi connectivity index (χ3v) is 6.02. The maximum atomic E-state index is 13.1. The fourth-order valence-electron chi connectivity index (χ4n) is 4.27. The topological polar surface area (TPSA) is 99.1 Å². The van der Waals surface area contributed by atoms with Crippen LogP contribution >= 0.6 is 0 Å². The zero-order chi connectivity index (χ0) is 28.3. The number of nitrogens with one attached hydrogen (secondary N) is 1. The van der Waals surface area contributed by atoms with Gasteiger partial charge in [-0.25, -0.2) is 4.79 Å². The highest BCUT2D eigenvalue weighted by Crippen LogP contribution is 2.33. The Kier molecular flexibility index (Phi) is 12.1. The van der Waals surface area contributed by atoms with Gasteiger partial charge < -0.3 is 29.0 Å². The Morgan fingerprint density at radius 2 is 1.84 bits per heavy atom. The van der Waals surface area contributed by atoms with E-state index in [4.69, 9.17) is 14.2 Å². The molecule has 0 aliphatic rings. The first kappa shape index (κ1) is 31.1. The minimum atomic E-state index is -0.628. The van der Waals surface area contributed by atoms with Crippen molar-refractivity contribution >= 4 is 34.6 Å². The van der Waals surface area contributed by atoms with Gasteiger partial charge in [0.15, 0.2) is 0 Å². The van der Waals surface area contributed by atoms with Crippen molar-refractivity contribution in [2.45, 2.75) is 91.8 Å². The van der Waals surface area contributed by atoms with Crippen LogP contribution in [-0.2, 0) is 36.8 Å². The Morgan fingerprint density at radius 1 is 1.11 bits per heavy atom. The smallest absolute Gasteiger partial charge is 0.407 e. The van der Waals surface area contributed by atoms with Crippen molar-refractivity contribution < 1.29 is 28.6 Å². The molecule has 0 saturated heterocycles. The van der Waals surface area contributed by atoms with Gasteiger partial charge in [-0.2, -0.15) is 0 Å². The largest absolute Gasteiger partial charge is 0.468 e. The first-order valence-corrected chi connectivity index (χ1v) is 13.6. The summed E-state index contributed by atoms with van der Waals surface area (Å²) in [6.45, 7) is 13.0. The van der Waals surface area contributed by atoms with Gasteiger partial charge in [0.25, 0.3) is 0 Å². The monoisotopic (exact) mass is 531 g/mol. The number of unbranched alkanes of at least 4 members (excludes halogenated alkanes) is 1. The van der Waals surface area contributed by atoms with Crippen LogP contribution in [0.1, 0.15) is 72.8 Å². The maximum absolute atomic E-state index is 13.1. The van der Waals surface area contributed by atoms with Crippen molar-refractivity contribution in [3.63, 3.8) is 0 Å². The van der Waals surface area contributed by atoms with E-state index in [0.717, 1.165) is 35.9 Å². The van der Waals surface area contributed by atoms with Crippen molar-refractivity contribution in [1.29, 1.82) is 0 Å². The Labute approximate surface area is 226 Å². The number of benzene rings is 1. The van der Waals surface area contributed by atoms with E-state index in [1.54, 1.807) is 0 Å². The van der Waals surface area contributed by atoms with Gasteiger partial charge in [0.05, 0.1) is 31.0 Å². The minimum Gasteiger partial charge on any atom is -0.468 e. The average molecular weight is 532 g/mol. The fraction of sp³-hybridized carbons (Fsp3) is 0.621. The molecule has 0 spiro atoms. The molecule has 0 radical (unpaired) electrons. The number of carbonyl (C=O) groups is 3. The first-order valence-electron chi connectivity index (χ1n) is 13.6. The molecular weight excluding hydrogens is 486 g/mol. The summed E-state index contributed by atoms with van der Waals surface area (Å²) in [6, 6.07) is 5.39. The summed E-state index contributed by atoms with van der Waals surface area (Å²) >= 11 is 0. The maximum Gasteiger partial charge on any atom is 0.407 e. The van der Waals surface area contributed by atoms with Crippen LogP contribution in [0.4, 0.5) is 10.5 Å². The number of methoxy groups -OCH3 is 1. The summed E-state index contributed by atoms with van der Waals surface area (Å²) in [5, 5.41) is 3.84. The van der Waals surface area contributed by atoms with Gasteiger partial charge in [0.2, 0.25) is 5.91 Å². The number of anilines is 1. The lowest BCUT2D eigenvalue weighted by atomic mass is 10.0. The predicted molar refractivity (Wildman–Crippen MR) is 149 cm³/mol. The number of hydrogen-bond donors (Lipinski definition) is 1. The number of alkyl carbamates (subject to hydrolysis) is 1. The van der Waals surface area contributed by atoms with E-state index in [9.17, 15) is 14.4 Å². The van der Waals surface area contributed by atoms with Gasteiger partial charge in [-0.1, -0.05) is 26.3 Å². The molecule has 0 aliphatic carbocycles. The number of hydrogen-bond acceptors (Lipinski definition) is 6. The molecule has 2 amide bonds. The van der Waals surface area contributed by atoms with Gasteiger partial charge in [-0.3, -0.25) is 9.59 Å². The quantitative estimate of drug-likeness (QED) is 0.265. The molecule has 0 saturated carbocycles. The first-order chi connectivity index (χ1) is 18.0. The molecule has 0 aliphatic heterocycles. The lowest BCUT2D eigenvalue weighted by molar-refractivity contribution is -0.140. The summed E-state index contributed by atoms with van der Waals surface area (Å²) in [5.41, 5.74) is 1.91. The highest BCUT2D eigenvalue weighted by molar-refractivity contribution is 6.06. The standard InChI is InChI=1S/C29H45N3O6/c1-8-11-16-37-20-22(30-28(35)38-29(4,5)6)17-21-18-31(10-3)23-14-12-15-24(27(21)23)32(19-26(34)36-7)25(33)13-9-2/h12,14-15,18,22H,8-11,13,16-17,19-20H2,1-7H3,(H,30,35). The third-order valence-electron chi connectivity index (χ3n) is 6.02. The van der Waals surface area contributed by atoms with E-state index in [2.05, 4.69) is 23.7 Å². The molecule has 1 atom stereocenters. The molecule has 1 aromatic heterocycles. The van der Waals surface area contributed by atoms with Gasteiger partial charge in [0.1, 0.15) is 12.1 Å².